The maximum atomic E-state index is 12.4. The van der Waals surface area contributed by atoms with Crippen LogP contribution in [0.2, 0.25) is 0 Å². The minimum atomic E-state index is -0.874. The fourth-order valence-corrected chi connectivity index (χ4v) is 3.21. The van der Waals surface area contributed by atoms with E-state index in [1.165, 1.54) is 7.11 Å². The fourth-order valence-electron chi connectivity index (χ4n) is 3.21. The van der Waals surface area contributed by atoms with Crippen LogP contribution in [0.5, 0.6) is 5.75 Å². The maximum absolute atomic E-state index is 12.4. The number of benzene rings is 2. The van der Waals surface area contributed by atoms with Crippen molar-refractivity contribution in [3.63, 3.8) is 0 Å². The molecule has 0 aliphatic rings. The Labute approximate surface area is 197 Å². The van der Waals surface area contributed by atoms with Crippen molar-refractivity contribution in [2.24, 2.45) is 0 Å². The van der Waals surface area contributed by atoms with E-state index in [0.717, 1.165) is 11.1 Å². The third kappa shape index (κ3) is 7.06. The number of carbonyl (C=O) groups is 3. The van der Waals surface area contributed by atoms with E-state index in [4.69, 9.17) is 9.84 Å². The normalized spacial score (nSPS) is 10.3. The molecule has 0 spiro atoms. The molecule has 0 bridgehead atoms. The number of urea groups is 1. The third-order valence-electron chi connectivity index (χ3n) is 4.99. The number of rotatable bonds is 9. The first-order valence-corrected chi connectivity index (χ1v) is 10.6. The molecular weight excluding hydrogens is 436 g/mol. The average molecular weight is 463 g/mol. The molecule has 0 aliphatic heterocycles. The lowest BCUT2D eigenvalue weighted by Crippen LogP contribution is -2.20. The van der Waals surface area contributed by atoms with Crippen LogP contribution in [-0.4, -0.2) is 35.1 Å². The predicted molar refractivity (Wildman–Crippen MR) is 129 cm³/mol. The molecule has 9 nitrogen and oxygen atoms in total. The van der Waals surface area contributed by atoms with Gasteiger partial charge in [0.1, 0.15) is 11.6 Å². The number of anilines is 3. The van der Waals surface area contributed by atoms with E-state index < -0.39 is 12.0 Å². The second kappa shape index (κ2) is 11.5. The van der Waals surface area contributed by atoms with Crippen molar-refractivity contribution in [1.29, 1.82) is 0 Å². The smallest absolute Gasteiger partial charge is 0.323 e. The van der Waals surface area contributed by atoms with Crippen molar-refractivity contribution >= 4 is 35.1 Å². The molecule has 176 valence electrons. The highest BCUT2D eigenvalue weighted by Gasteiger charge is 2.12. The SMILES string of the molecule is COc1cc(CC(=O)Nc2ccc(CCC(=O)O)cn2)ccc1NC(=O)Nc1ccccc1C. The highest BCUT2D eigenvalue weighted by molar-refractivity contribution is 6.01. The number of para-hydroxylation sites is 1. The molecule has 0 saturated carbocycles. The largest absolute Gasteiger partial charge is 0.495 e. The zero-order valence-corrected chi connectivity index (χ0v) is 18.9. The second-order valence-corrected chi connectivity index (χ2v) is 7.60. The Morgan fingerprint density at radius 2 is 1.68 bits per heavy atom. The number of methoxy groups -OCH3 is 1. The topological polar surface area (TPSA) is 130 Å². The van der Waals surface area contributed by atoms with Gasteiger partial charge in [-0.25, -0.2) is 9.78 Å². The van der Waals surface area contributed by atoms with Gasteiger partial charge in [-0.2, -0.15) is 0 Å². The van der Waals surface area contributed by atoms with Gasteiger partial charge >= 0.3 is 12.0 Å². The number of nitrogens with one attached hydrogen (secondary N) is 3. The van der Waals surface area contributed by atoms with Gasteiger partial charge in [-0.3, -0.25) is 9.59 Å². The highest BCUT2D eigenvalue weighted by atomic mass is 16.5. The van der Waals surface area contributed by atoms with Crippen molar-refractivity contribution < 1.29 is 24.2 Å². The van der Waals surface area contributed by atoms with Gasteiger partial charge in [0, 0.05) is 18.3 Å². The first-order valence-electron chi connectivity index (χ1n) is 10.6. The first-order chi connectivity index (χ1) is 16.3. The zero-order chi connectivity index (χ0) is 24.5. The Balaban J connectivity index is 1.58. The molecule has 0 saturated heterocycles. The summed E-state index contributed by atoms with van der Waals surface area (Å²) in [6.07, 6.45) is 2.02. The molecule has 3 amide bonds. The lowest BCUT2D eigenvalue weighted by atomic mass is 10.1. The van der Waals surface area contributed by atoms with Gasteiger partial charge in [-0.05, 0) is 54.3 Å². The van der Waals surface area contributed by atoms with E-state index in [-0.39, 0.29) is 18.7 Å². The molecule has 9 heteroatoms. The maximum Gasteiger partial charge on any atom is 0.323 e. The summed E-state index contributed by atoms with van der Waals surface area (Å²) in [7, 11) is 1.49. The number of carbonyl (C=O) groups excluding carboxylic acids is 2. The number of carboxylic acids is 1. The van der Waals surface area contributed by atoms with Crippen molar-refractivity contribution in [2.45, 2.75) is 26.2 Å². The molecule has 34 heavy (non-hydrogen) atoms. The van der Waals surface area contributed by atoms with Gasteiger partial charge in [-0.15, -0.1) is 0 Å². The highest BCUT2D eigenvalue weighted by Crippen LogP contribution is 2.26. The summed E-state index contributed by atoms with van der Waals surface area (Å²) in [5, 5.41) is 17.0. The van der Waals surface area contributed by atoms with E-state index in [0.29, 0.717) is 34.9 Å². The van der Waals surface area contributed by atoms with Crippen molar-refractivity contribution in [2.75, 3.05) is 23.1 Å². The summed E-state index contributed by atoms with van der Waals surface area (Å²) < 4.78 is 5.39. The minimum absolute atomic E-state index is 0.0215. The number of nitrogens with zero attached hydrogens (tertiary/aromatic N) is 1. The standard InChI is InChI=1S/C25H26N4O5/c1-16-5-3-4-6-19(16)27-25(33)28-20-10-7-18(13-21(20)34-2)14-23(30)29-22-11-8-17(15-26-22)9-12-24(31)32/h3-8,10-11,13,15H,9,12,14H2,1-2H3,(H,31,32)(H,26,29,30)(H2,27,28,33). The minimum Gasteiger partial charge on any atom is -0.495 e. The third-order valence-corrected chi connectivity index (χ3v) is 4.99. The molecule has 0 fully saturated rings. The molecule has 2 aromatic carbocycles. The second-order valence-electron chi connectivity index (χ2n) is 7.60. The number of hydrogen-bond donors (Lipinski definition) is 4. The number of carboxylic acid groups (broad SMARTS) is 1. The van der Waals surface area contributed by atoms with Crippen LogP contribution in [0, 0.1) is 6.92 Å². The molecule has 0 atom stereocenters. The Hall–Kier alpha value is -4.40. The van der Waals surface area contributed by atoms with E-state index in [1.54, 1.807) is 36.5 Å². The molecule has 4 N–H and O–H groups in total. The van der Waals surface area contributed by atoms with Crippen LogP contribution < -0.4 is 20.7 Å². The summed E-state index contributed by atoms with van der Waals surface area (Å²) in [6.45, 7) is 1.90. The van der Waals surface area contributed by atoms with Crippen LogP contribution in [0.4, 0.5) is 22.0 Å². The molecule has 1 heterocycles. The number of hydrogen-bond acceptors (Lipinski definition) is 5. The van der Waals surface area contributed by atoms with Gasteiger partial charge in [0.05, 0.1) is 19.2 Å². The van der Waals surface area contributed by atoms with E-state index in [9.17, 15) is 14.4 Å². The van der Waals surface area contributed by atoms with Gasteiger partial charge in [0.25, 0.3) is 0 Å². The molecule has 0 unspecified atom stereocenters. The Morgan fingerprint density at radius 3 is 2.35 bits per heavy atom. The van der Waals surface area contributed by atoms with Crippen LogP contribution in [0.25, 0.3) is 0 Å². The first kappa shape index (κ1) is 24.2. The van der Waals surface area contributed by atoms with E-state index >= 15 is 0 Å². The van der Waals surface area contributed by atoms with Crippen molar-refractivity contribution in [3.05, 3.63) is 77.5 Å². The average Bonchev–Trinajstić information content (AvgIpc) is 2.81. The molecule has 0 aliphatic carbocycles. The molecule has 0 radical (unpaired) electrons. The van der Waals surface area contributed by atoms with Crippen molar-refractivity contribution in [3.8, 4) is 5.75 Å². The summed E-state index contributed by atoms with van der Waals surface area (Å²) in [6, 6.07) is 15.5. The van der Waals surface area contributed by atoms with Crippen LogP contribution >= 0.6 is 0 Å². The lowest BCUT2D eigenvalue weighted by Gasteiger charge is -2.13. The molecule has 3 rings (SSSR count). The number of aromatic nitrogens is 1. The molecule has 3 aromatic rings. The summed E-state index contributed by atoms with van der Waals surface area (Å²) in [5.74, 6) is -0.347. The number of aliphatic carboxylic acids is 1. The van der Waals surface area contributed by atoms with Gasteiger partial charge < -0.3 is 25.8 Å². The zero-order valence-electron chi connectivity index (χ0n) is 18.9. The van der Waals surface area contributed by atoms with Crippen LogP contribution in [0.1, 0.15) is 23.1 Å². The van der Waals surface area contributed by atoms with E-state index in [2.05, 4.69) is 20.9 Å². The Bertz CT molecular complexity index is 1180. The summed E-state index contributed by atoms with van der Waals surface area (Å²) in [4.78, 5) is 39.6. The van der Waals surface area contributed by atoms with E-state index in [1.807, 2.05) is 31.2 Å². The van der Waals surface area contributed by atoms with Crippen LogP contribution in [0.3, 0.4) is 0 Å². The number of pyridine rings is 1. The predicted octanol–water partition coefficient (Wildman–Crippen LogP) is 4.24. The monoisotopic (exact) mass is 462 g/mol. The summed E-state index contributed by atoms with van der Waals surface area (Å²) >= 11 is 0. The van der Waals surface area contributed by atoms with Crippen LogP contribution in [-0.2, 0) is 22.4 Å². The summed E-state index contributed by atoms with van der Waals surface area (Å²) in [5.41, 5.74) is 3.58. The van der Waals surface area contributed by atoms with Gasteiger partial charge in [-0.1, -0.05) is 30.3 Å². The quantitative estimate of drug-likeness (QED) is 0.376. The number of ether oxygens (including phenoxy) is 1. The number of amides is 3. The Kier molecular flexibility index (Phi) is 8.17. The lowest BCUT2D eigenvalue weighted by molar-refractivity contribution is -0.137. The number of aryl methyl sites for hydroxylation is 2. The van der Waals surface area contributed by atoms with Gasteiger partial charge in [0.15, 0.2) is 0 Å². The van der Waals surface area contributed by atoms with Crippen LogP contribution in [0.15, 0.2) is 60.8 Å². The van der Waals surface area contributed by atoms with Gasteiger partial charge in [0.2, 0.25) is 5.91 Å². The fraction of sp³-hybridized carbons (Fsp3) is 0.200. The van der Waals surface area contributed by atoms with Crippen molar-refractivity contribution in [1.82, 2.24) is 4.98 Å². The molecular formula is C25H26N4O5. The Morgan fingerprint density at radius 1 is 0.941 bits per heavy atom. The molecule has 1 aromatic heterocycles.